The maximum Gasteiger partial charge on any atom is 0.187 e. The van der Waals surface area contributed by atoms with E-state index in [2.05, 4.69) is 27.7 Å². The summed E-state index contributed by atoms with van der Waals surface area (Å²) in [5, 5.41) is 95.9. The van der Waals surface area contributed by atoms with Crippen LogP contribution in [0.3, 0.4) is 0 Å². The summed E-state index contributed by atoms with van der Waals surface area (Å²) in [6.45, 7) is 10.6. The summed E-state index contributed by atoms with van der Waals surface area (Å²) >= 11 is 0. The summed E-state index contributed by atoms with van der Waals surface area (Å²) in [5.74, 6) is 3.15. The molecule has 27 atom stereocenters. The second-order valence-corrected chi connectivity index (χ2v) is 21.5. The van der Waals surface area contributed by atoms with Crippen molar-refractivity contribution in [3.05, 3.63) is 0 Å². The highest BCUT2D eigenvalue weighted by molar-refractivity contribution is 5.15. The molecule has 9 aliphatic rings. The van der Waals surface area contributed by atoms with Gasteiger partial charge in [0.2, 0.25) is 0 Å². The topological polar surface area (TPSA) is 256 Å². The van der Waals surface area contributed by atoms with Gasteiger partial charge >= 0.3 is 0 Å². The van der Waals surface area contributed by atoms with Crippen LogP contribution in [0.5, 0.6) is 0 Å². The van der Waals surface area contributed by atoms with Crippen LogP contribution in [0.1, 0.15) is 98.8 Å². The molecule has 0 aromatic heterocycles. The molecule has 9 fully saturated rings. The van der Waals surface area contributed by atoms with E-state index in [1.54, 1.807) is 0 Å². The van der Waals surface area contributed by atoms with Gasteiger partial charge in [-0.05, 0) is 111 Å². The Morgan fingerprint density at radius 3 is 1.94 bits per heavy atom. The van der Waals surface area contributed by atoms with Crippen LogP contribution in [-0.2, 0) is 37.9 Å². The molecule has 5 heterocycles. The van der Waals surface area contributed by atoms with Crippen LogP contribution in [0, 0.1) is 52.3 Å². The van der Waals surface area contributed by atoms with Gasteiger partial charge in [-0.15, -0.1) is 0 Å². The van der Waals surface area contributed by atoms with Crippen LogP contribution in [0.4, 0.5) is 0 Å². The van der Waals surface area contributed by atoms with Crippen molar-refractivity contribution >= 4 is 0 Å². The summed E-state index contributed by atoms with van der Waals surface area (Å²) in [6, 6.07) is 0. The maximum absolute atomic E-state index is 12.0. The van der Waals surface area contributed by atoms with E-state index in [0.717, 1.165) is 51.6 Å². The Hall–Kier alpha value is -0.680. The number of fused-ring (bicyclic) bond motifs is 7. The second kappa shape index (κ2) is 17.4. The molecule has 0 aromatic carbocycles. The number of aliphatic hydroxyl groups excluding tert-OH is 9. The van der Waals surface area contributed by atoms with E-state index in [-0.39, 0.29) is 23.0 Å². The molecule has 4 aliphatic carbocycles. The Morgan fingerprint density at radius 2 is 1.24 bits per heavy atom. The smallest absolute Gasteiger partial charge is 0.187 e. The van der Waals surface area contributed by atoms with E-state index < -0.39 is 111 Å². The Kier molecular flexibility index (Phi) is 13.1. The molecule has 62 heavy (non-hydrogen) atoms. The van der Waals surface area contributed by atoms with E-state index in [0.29, 0.717) is 47.8 Å². The molecule has 17 heteroatoms. The van der Waals surface area contributed by atoms with E-state index in [1.165, 1.54) is 19.8 Å². The summed E-state index contributed by atoms with van der Waals surface area (Å²) in [5.41, 5.74) is 0.311. The van der Waals surface area contributed by atoms with E-state index >= 15 is 0 Å². The predicted octanol–water partition coefficient (Wildman–Crippen LogP) is 0.294. The summed E-state index contributed by atoms with van der Waals surface area (Å²) < 4.78 is 50.0. The highest BCUT2D eigenvalue weighted by Gasteiger charge is 2.69. The van der Waals surface area contributed by atoms with Gasteiger partial charge in [0.15, 0.2) is 24.7 Å². The lowest BCUT2D eigenvalue weighted by Crippen LogP contribution is -2.67. The Labute approximate surface area is 364 Å². The minimum atomic E-state index is -1.81. The second-order valence-electron chi connectivity index (χ2n) is 21.5. The zero-order valence-corrected chi connectivity index (χ0v) is 36.8. The van der Waals surface area contributed by atoms with Crippen molar-refractivity contribution in [2.45, 2.75) is 209 Å². The molecule has 0 bridgehead atoms. The van der Waals surface area contributed by atoms with Gasteiger partial charge in [0.25, 0.3) is 0 Å². The first kappa shape index (κ1) is 46.4. The fraction of sp³-hybridized carbons (Fsp3) is 1.00. The van der Waals surface area contributed by atoms with Crippen molar-refractivity contribution in [3.8, 4) is 0 Å². The van der Waals surface area contributed by atoms with Crippen LogP contribution in [-0.4, -0.2) is 176 Å². The third-order valence-corrected chi connectivity index (χ3v) is 18.2. The molecule has 1 unspecified atom stereocenters. The standard InChI is InChI=1S/C45H74O17/c1-19-8-13-45(55-18-19)20(2)30-27(62-45)15-26-24-7-6-22-14-23(9-11-43(22,4)25(24)10-12-44(26,30)5)57-42-39(61-41-36(53)34(51)32(49)28(16-46)58-41)37(54)38(29(17-47)59-42)60-40-35(52)33(50)31(48)21(3)56-40/h19-42,46-54H,6-18H2,1-5H3/t19-,20+,21+,22?,23+,24-,25+,26+,27+,28-,29-,30+,31+,32-,33-,34+,35-,36-,37+,38-,39-,40+,41+,42-,43+,44+,45-/m1/s1. The van der Waals surface area contributed by atoms with Crippen molar-refractivity contribution in [1.29, 1.82) is 0 Å². The highest BCUT2D eigenvalue weighted by Crippen LogP contribution is 2.71. The Balaban J connectivity index is 0.902. The average Bonchev–Trinajstić information content (AvgIpc) is 3.70. The third-order valence-electron chi connectivity index (χ3n) is 18.2. The molecule has 356 valence electrons. The molecule has 9 rings (SSSR count). The van der Waals surface area contributed by atoms with Crippen molar-refractivity contribution in [2.24, 2.45) is 52.3 Å². The average molecular weight is 887 g/mol. The first-order valence-corrected chi connectivity index (χ1v) is 23.7. The van der Waals surface area contributed by atoms with Gasteiger partial charge in [-0.3, -0.25) is 0 Å². The maximum atomic E-state index is 12.0. The molecule has 5 aliphatic heterocycles. The van der Waals surface area contributed by atoms with E-state index in [4.69, 9.17) is 37.9 Å². The van der Waals surface area contributed by atoms with Gasteiger partial charge in [0.05, 0.1) is 38.1 Å². The molecule has 9 N–H and O–H groups in total. The third kappa shape index (κ3) is 7.56. The summed E-state index contributed by atoms with van der Waals surface area (Å²) in [6.07, 6.45) is -12.7. The first-order chi connectivity index (χ1) is 29.4. The number of hydrogen-bond acceptors (Lipinski definition) is 17. The number of rotatable bonds is 8. The molecule has 1 spiro atoms. The van der Waals surface area contributed by atoms with Crippen molar-refractivity contribution < 1.29 is 83.9 Å². The van der Waals surface area contributed by atoms with Crippen LogP contribution in [0.2, 0.25) is 0 Å². The Bertz CT molecular complexity index is 1550. The number of hydrogen-bond donors (Lipinski definition) is 9. The van der Waals surface area contributed by atoms with Crippen LogP contribution in [0.15, 0.2) is 0 Å². The van der Waals surface area contributed by atoms with Gasteiger partial charge in [-0.25, -0.2) is 0 Å². The fourth-order valence-corrected chi connectivity index (χ4v) is 14.6. The van der Waals surface area contributed by atoms with Gasteiger partial charge in [0.1, 0.15) is 67.1 Å². The van der Waals surface area contributed by atoms with Gasteiger partial charge in [-0.2, -0.15) is 0 Å². The molecular formula is C45H74O17. The van der Waals surface area contributed by atoms with Crippen LogP contribution in [0.25, 0.3) is 0 Å². The fourth-order valence-electron chi connectivity index (χ4n) is 14.6. The summed E-state index contributed by atoms with van der Waals surface area (Å²) in [4.78, 5) is 0. The molecule has 17 nitrogen and oxygen atoms in total. The predicted molar refractivity (Wildman–Crippen MR) is 214 cm³/mol. The largest absolute Gasteiger partial charge is 0.394 e. The summed E-state index contributed by atoms with van der Waals surface area (Å²) in [7, 11) is 0. The Morgan fingerprint density at radius 1 is 0.581 bits per heavy atom. The number of aliphatic hydroxyl groups is 9. The molecular weight excluding hydrogens is 812 g/mol. The van der Waals surface area contributed by atoms with E-state index in [9.17, 15) is 46.0 Å². The normalized spacial score (nSPS) is 58.9. The van der Waals surface area contributed by atoms with Crippen molar-refractivity contribution in [3.63, 3.8) is 0 Å². The lowest BCUT2D eigenvalue weighted by atomic mass is 9.44. The van der Waals surface area contributed by atoms with Crippen LogP contribution < -0.4 is 0 Å². The molecule has 4 saturated carbocycles. The molecule has 0 aromatic rings. The molecule has 5 saturated heterocycles. The monoisotopic (exact) mass is 886 g/mol. The highest BCUT2D eigenvalue weighted by atomic mass is 16.8. The van der Waals surface area contributed by atoms with E-state index in [1.807, 2.05) is 0 Å². The van der Waals surface area contributed by atoms with Gasteiger partial charge in [0, 0.05) is 12.3 Å². The van der Waals surface area contributed by atoms with Gasteiger partial charge in [-0.1, -0.05) is 27.7 Å². The van der Waals surface area contributed by atoms with Crippen LogP contribution >= 0.6 is 0 Å². The number of ether oxygens (including phenoxy) is 8. The van der Waals surface area contributed by atoms with Crippen molar-refractivity contribution in [2.75, 3.05) is 19.8 Å². The minimum Gasteiger partial charge on any atom is -0.394 e. The molecule has 0 radical (unpaired) electrons. The minimum absolute atomic E-state index is 0.0972. The molecule has 0 amide bonds. The van der Waals surface area contributed by atoms with Crippen molar-refractivity contribution in [1.82, 2.24) is 0 Å². The first-order valence-electron chi connectivity index (χ1n) is 23.7. The lowest BCUT2D eigenvalue weighted by Gasteiger charge is -2.61. The zero-order valence-electron chi connectivity index (χ0n) is 36.8. The SMILES string of the molecule is C[C@@H]1CC[C@@]2(OC1)O[C@H]1C[C@H]3[C@@H]4CCC5C[C@@H](O[C@@H]6O[C@H](CO)[C@@H](O[C@@H]7O[C@@H](C)[C@H](O)[C@@H](O)[C@H]7O)[C@H](O)[C@H]6O[C@@H]6O[C@H](CO)[C@@H](O)[C@H](O)[C@H]6O)CC[C@]5(C)[C@H]4CC[C@]3(C)[C@H]1[C@@H]2C. The lowest BCUT2D eigenvalue weighted by molar-refractivity contribution is -0.391. The van der Waals surface area contributed by atoms with Gasteiger partial charge < -0.3 is 83.9 Å². The zero-order chi connectivity index (χ0) is 44.2. The quantitative estimate of drug-likeness (QED) is 0.149.